The van der Waals surface area contributed by atoms with Crippen LogP contribution in [-0.2, 0) is 17.8 Å². The van der Waals surface area contributed by atoms with Gasteiger partial charge in [0.05, 0.1) is 13.1 Å². The Bertz CT molecular complexity index is 1170. The largest absolute Gasteiger partial charge is 0.489 e. The minimum atomic E-state index is -0.424. The summed E-state index contributed by atoms with van der Waals surface area (Å²) in [5.41, 5.74) is 2.52. The summed E-state index contributed by atoms with van der Waals surface area (Å²) >= 11 is 0. The molecule has 6 heteroatoms. The van der Waals surface area contributed by atoms with Crippen LogP contribution in [0.1, 0.15) is 36.8 Å². The molecule has 1 N–H and O–H groups in total. The number of amides is 1. The SMILES string of the molecule is O=C(C[NH+]1CCCCC1)N1CCCc2c1c(=O)oc1ccc(OCc3ccccc3)cc21. The Morgan fingerprint density at radius 3 is 2.66 bits per heavy atom. The lowest BCUT2D eigenvalue weighted by Crippen LogP contribution is -3.14. The molecule has 2 aliphatic heterocycles. The van der Waals surface area contributed by atoms with Crippen molar-refractivity contribution in [3.8, 4) is 5.75 Å². The van der Waals surface area contributed by atoms with Crippen LogP contribution in [0, 0.1) is 0 Å². The fourth-order valence-electron chi connectivity index (χ4n) is 4.90. The smallest absolute Gasteiger partial charge is 0.360 e. The number of carbonyl (C=O) groups is 1. The van der Waals surface area contributed by atoms with Crippen molar-refractivity contribution in [2.45, 2.75) is 38.7 Å². The Hall–Kier alpha value is -3.12. The van der Waals surface area contributed by atoms with Gasteiger partial charge in [0.2, 0.25) is 0 Å². The van der Waals surface area contributed by atoms with E-state index in [4.69, 9.17) is 9.15 Å². The Morgan fingerprint density at radius 1 is 1.03 bits per heavy atom. The number of hydrogen-bond donors (Lipinski definition) is 1. The fourth-order valence-corrected chi connectivity index (χ4v) is 4.90. The molecule has 3 aromatic rings. The molecule has 6 nitrogen and oxygen atoms in total. The molecule has 0 bridgehead atoms. The number of benzene rings is 2. The monoisotopic (exact) mass is 433 g/mol. The zero-order valence-corrected chi connectivity index (χ0v) is 18.3. The highest BCUT2D eigenvalue weighted by atomic mass is 16.5. The van der Waals surface area contributed by atoms with E-state index in [1.165, 1.54) is 11.3 Å². The van der Waals surface area contributed by atoms with Crippen molar-refractivity contribution in [1.29, 1.82) is 0 Å². The Balaban J connectivity index is 1.43. The Kier molecular flexibility index (Phi) is 5.95. The van der Waals surface area contributed by atoms with Crippen LogP contribution in [0.2, 0.25) is 0 Å². The first-order valence-corrected chi connectivity index (χ1v) is 11.6. The average molecular weight is 434 g/mol. The second-order valence-corrected chi connectivity index (χ2v) is 8.79. The third kappa shape index (κ3) is 4.28. The van der Waals surface area contributed by atoms with E-state index in [1.807, 2.05) is 42.5 Å². The van der Waals surface area contributed by atoms with Crippen molar-refractivity contribution in [1.82, 2.24) is 0 Å². The van der Waals surface area contributed by atoms with Crippen molar-refractivity contribution >= 4 is 22.6 Å². The summed E-state index contributed by atoms with van der Waals surface area (Å²) in [4.78, 5) is 29.0. The van der Waals surface area contributed by atoms with Crippen LogP contribution in [0.25, 0.3) is 11.0 Å². The number of fused-ring (bicyclic) bond motifs is 3. The predicted octanol–water partition coefficient (Wildman–Crippen LogP) is 2.72. The van der Waals surface area contributed by atoms with Crippen LogP contribution in [-0.4, -0.2) is 32.1 Å². The summed E-state index contributed by atoms with van der Waals surface area (Å²) in [7, 11) is 0. The number of nitrogens with zero attached hydrogens (tertiary/aromatic N) is 1. The summed E-state index contributed by atoms with van der Waals surface area (Å²) < 4.78 is 11.6. The molecule has 0 spiro atoms. The van der Waals surface area contributed by atoms with Crippen LogP contribution in [0.4, 0.5) is 5.69 Å². The normalized spacial score (nSPS) is 16.7. The number of piperidine rings is 1. The van der Waals surface area contributed by atoms with E-state index >= 15 is 0 Å². The summed E-state index contributed by atoms with van der Waals surface area (Å²) in [6.45, 7) is 3.53. The van der Waals surface area contributed by atoms with E-state index in [0.29, 0.717) is 31.0 Å². The topological polar surface area (TPSA) is 64.2 Å². The first-order valence-electron chi connectivity index (χ1n) is 11.6. The van der Waals surface area contributed by atoms with Crippen LogP contribution >= 0.6 is 0 Å². The molecule has 0 aliphatic carbocycles. The van der Waals surface area contributed by atoms with Crippen LogP contribution in [0.3, 0.4) is 0 Å². The van der Waals surface area contributed by atoms with Gasteiger partial charge in [0.15, 0.2) is 6.54 Å². The molecular formula is C26H29N2O4+. The quantitative estimate of drug-likeness (QED) is 0.629. The summed E-state index contributed by atoms with van der Waals surface area (Å²) in [5, 5.41) is 0.855. The van der Waals surface area contributed by atoms with Gasteiger partial charge in [-0.2, -0.15) is 0 Å². The van der Waals surface area contributed by atoms with E-state index < -0.39 is 5.63 Å². The number of quaternary nitrogens is 1. The number of anilines is 1. The first-order chi connectivity index (χ1) is 15.7. The van der Waals surface area contributed by atoms with Crippen molar-refractivity contribution in [2.24, 2.45) is 0 Å². The maximum atomic E-state index is 13.1. The van der Waals surface area contributed by atoms with Crippen LogP contribution in [0.5, 0.6) is 5.75 Å². The van der Waals surface area contributed by atoms with Gasteiger partial charge in [0, 0.05) is 11.9 Å². The van der Waals surface area contributed by atoms with Crippen molar-refractivity contribution in [2.75, 3.05) is 31.1 Å². The zero-order chi connectivity index (χ0) is 21.9. The van der Waals surface area contributed by atoms with Gasteiger partial charge in [-0.1, -0.05) is 30.3 Å². The summed E-state index contributed by atoms with van der Waals surface area (Å²) in [5.74, 6) is 0.740. The van der Waals surface area contributed by atoms with Crippen molar-refractivity contribution in [3.63, 3.8) is 0 Å². The number of ether oxygens (including phenoxy) is 1. The van der Waals surface area contributed by atoms with Gasteiger partial charge in [-0.05, 0) is 61.4 Å². The number of carbonyl (C=O) groups excluding carboxylic acids is 1. The average Bonchev–Trinajstić information content (AvgIpc) is 2.84. The third-order valence-corrected chi connectivity index (χ3v) is 6.55. The predicted molar refractivity (Wildman–Crippen MR) is 123 cm³/mol. The Labute approximate surface area is 187 Å². The van der Waals surface area contributed by atoms with Gasteiger partial charge in [0.25, 0.3) is 5.91 Å². The lowest BCUT2D eigenvalue weighted by molar-refractivity contribution is -0.896. The minimum Gasteiger partial charge on any atom is -0.489 e. The lowest BCUT2D eigenvalue weighted by atomic mass is 9.98. The summed E-state index contributed by atoms with van der Waals surface area (Å²) in [6, 6.07) is 15.5. The van der Waals surface area contributed by atoms with E-state index in [-0.39, 0.29) is 5.91 Å². The molecule has 1 fully saturated rings. The van der Waals surface area contributed by atoms with E-state index in [0.717, 1.165) is 61.0 Å². The number of likely N-dealkylation sites (tertiary alicyclic amines) is 1. The molecule has 2 aromatic carbocycles. The summed E-state index contributed by atoms with van der Waals surface area (Å²) in [6.07, 6.45) is 5.16. The molecule has 32 heavy (non-hydrogen) atoms. The minimum absolute atomic E-state index is 0.0194. The highest BCUT2D eigenvalue weighted by Gasteiger charge is 2.31. The number of nitrogens with one attached hydrogen (secondary N) is 1. The van der Waals surface area contributed by atoms with Gasteiger partial charge < -0.3 is 19.0 Å². The first kappa shape index (κ1) is 20.8. The van der Waals surface area contributed by atoms with E-state index in [2.05, 4.69) is 0 Å². The molecule has 3 heterocycles. The highest BCUT2D eigenvalue weighted by Crippen LogP contribution is 2.33. The molecule has 0 radical (unpaired) electrons. The van der Waals surface area contributed by atoms with Crippen LogP contribution < -0.4 is 20.2 Å². The van der Waals surface area contributed by atoms with Gasteiger partial charge in [-0.3, -0.25) is 4.79 Å². The van der Waals surface area contributed by atoms with Gasteiger partial charge >= 0.3 is 5.63 Å². The molecule has 1 aromatic heterocycles. The molecule has 0 unspecified atom stereocenters. The molecule has 1 saturated heterocycles. The third-order valence-electron chi connectivity index (χ3n) is 6.55. The molecule has 5 rings (SSSR count). The molecule has 1 amide bonds. The van der Waals surface area contributed by atoms with Gasteiger partial charge in [-0.25, -0.2) is 4.79 Å². The molecule has 2 aliphatic rings. The lowest BCUT2D eigenvalue weighted by Gasteiger charge is -2.31. The number of rotatable bonds is 5. The highest BCUT2D eigenvalue weighted by molar-refractivity contribution is 5.98. The van der Waals surface area contributed by atoms with E-state index in [1.54, 1.807) is 11.0 Å². The second kappa shape index (κ2) is 9.17. The second-order valence-electron chi connectivity index (χ2n) is 8.79. The molecule has 0 atom stereocenters. The number of aryl methyl sites for hydroxylation is 1. The van der Waals surface area contributed by atoms with Crippen molar-refractivity contribution in [3.05, 3.63) is 70.1 Å². The van der Waals surface area contributed by atoms with E-state index in [9.17, 15) is 9.59 Å². The maximum Gasteiger partial charge on any atom is 0.360 e. The standard InChI is InChI=1S/C26H28N2O4/c29-24(17-27-13-5-2-6-14-27)28-15-7-10-21-22-16-20(31-18-19-8-3-1-4-9-19)11-12-23(22)32-26(30)25(21)28/h1,3-4,8-9,11-12,16H,2,5-7,10,13-15,17-18H2/p+1. The molecule has 0 saturated carbocycles. The fraction of sp³-hybridized carbons (Fsp3) is 0.385. The maximum absolute atomic E-state index is 13.1. The van der Waals surface area contributed by atoms with Crippen molar-refractivity contribution < 1.29 is 18.8 Å². The Morgan fingerprint density at radius 2 is 1.84 bits per heavy atom. The zero-order valence-electron chi connectivity index (χ0n) is 18.3. The van der Waals surface area contributed by atoms with Gasteiger partial charge in [-0.15, -0.1) is 0 Å². The molecule has 166 valence electrons. The number of hydrogen-bond acceptors (Lipinski definition) is 4. The van der Waals surface area contributed by atoms with Crippen LogP contribution in [0.15, 0.2) is 57.7 Å². The molecular weight excluding hydrogens is 404 g/mol. The van der Waals surface area contributed by atoms with Gasteiger partial charge in [0.1, 0.15) is 23.6 Å².